The molecule has 0 bridgehead atoms. The van der Waals surface area contributed by atoms with Crippen molar-refractivity contribution >= 4 is 22.0 Å². The molecular weight excluding hydrogens is 437 g/mol. The summed E-state index contributed by atoms with van der Waals surface area (Å²) < 4.78 is 12.8. The molecule has 35 heavy (non-hydrogen) atoms. The van der Waals surface area contributed by atoms with Gasteiger partial charge in [0.2, 0.25) is 5.56 Å². The maximum atomic E-state index is 12.8. The topological polar surface area (TPSA) is 51.9 Å². The highest BCUT2D eigenvalue weighted by Gasteiger charge is 2.27. The summed E-state index contributed by atoms with van der Waals surface area (Å²) >= 11 is 0. The summed E-state index contributed by atoms with van der Waals surface area (Å²) in [5.41, 5.74) is 10.7. The van der Waals surface area contributed by atoms with E-state index in [9.17, 15) is 9.18 Å². The molecule has 0 radical (unpaired) electrons. The summed E-state index contributed by atoms with van der Waals surface area (Å²) in [5.74, 6) is 0.194. The SMILES string of the molecule is Cc1ccccc1C1=C(c2ccc3[nH]c(CN4CC(CF)C4)cc3c2)c2c[nH]c(=O)cc2CCC1. The average molecular weight is 468 g/mol. The zero-order chi connectivity index (χ0) is 23.9. The van der Waals surface area contributed by atoms with Gasteiger partial charge in [-0.05, 0) is 77.8 Å². The third-order valence-electron chi connectivity index (χ3n) is 7.53. The van der Waals surface area contributed by atoms with Crippen LogP contribution in [0.2, 0.25) is 0 Å². The van der Waals surface area contributed by atoms with E-state index in [1.54, 1.807) is 6.07 Å². The molecule has 4 aromatic rings. The molecule has 0 spiro atoms. The lowest BCUT2D eigenvalue weighted by Gasteiger charge is -2.37. The number of alkyl halides is 1. The van der Waals surface area contributed by atoms with Gasteiger partial charge in [0.15, 0.2) is 0 Å². The third-order valence-corrected chi connectivity index (χ3v) is 7.53. The average Bonchev–Trinajstić information content (AvgIpc) is 3.14. The maximum absolute atomic E-state index is 12.8. The molecule has 0 saturated carbocycles. The number of pyridine rings is 1. The molecule has 0 amide bonds. The van der Waals surface area contributed by atoms with E-state index in [4.69, 9.17) is 0 Å². The molecule has 178 valence electrons. The molecule has 1 saturated heterocycles. The number of hydrogen-bond acceptors (Lipinski definition) is 2. The summed E-state index contributed by atoms with van der Waals surface area (Å²) in [6, 6.07) is 19.2. The molecule has 1 aliphatic carbocycles. The first-order chi connectivity index (χ1) is 17.1. The van der Waals surface area contributed by atoms with Crippen molar-refractivity contribution in [3.8, 4) is 0 Å². The first-order valence-electron chi connectivity index (χ1n) is 12.5. The first kappa shape index (κ1) is 22.1. The zero-order valence-electron chi connectivity index (χ0n) is 20.0. The smallest absolute Gasteiger partial charge is 0.248 e. The van der Waals surface area contributed by atoms with Gasteiger partial charge in [0.1, 0.15) is 0 Å². The Morgan fingerprint density at radius 3 is 2.71 bits per heavy atom. The molecule has 0 atom stereocenters. The van der Waals surface area contributed by atoms with Gasteiger partial charge in [0.05, 0.1) is 6.67 Å². The van der Waals surface area contributed by atoms with Crippen molar-refractivity contribution in [3.63, 3.8) is 0 Å². The molecule has 5 heteroatoms. The van der Waals surface area contributed by atoms with Crippen LogP contribution in [0.15, 0.2) is 65.6 Å². The number of benzene rings is 2. The van der Waals surface area contributed by atoms with Gasteiger partial charge in [-0.15, -0.1) is 0 Å². The van der Waals surface area contributed by atoms with Crippen LogP contribution in [0.5, 0.6) is 0 Å². The van der Waals surface area contributed by atoms with Crippen molar-refractivity contribution in [2.75, 3.05) is 19.8 Å². The summed E-state index contributed by atoms with van der Waals surface area (Å²) in [6.45, 7) is 4.43. The molecule has 0 unspecified atom stereocenters. The summed E-state index contributed by atoms with van der Waals surface area (Å²) in [4.78, 5) is 20.9. The second kappa shape index (κ2) is 8.97. The zero-order valence-corrected chi connectivity index (χ0v) is 20.0. The van der Waals surface area contributed by atoms with Crippen molar-refractivity contribution in [2.24, 2.45) is 5.92 Å². The van der Waals surface area contributed by atoms with Crippen molar-refractivity contribution < 1.29 is 4.39 Å². The number of nitrogens with one attached hydrogen (secondary N) is 2. The number of aromatic nitrogens is 2. The fourth-order valence-electron chi connectivity index (χ4n) is 5.78. The Morgan fingerprint density at radius 1 is 1.03 bits per heavy atom. The number of fused-ring (bicyclic) bond motifs is 2. The van der Waals surface area contributed by atoms with Crippen LogP contribution in [0.25, 0.3) is 22.0 Å². The maximum Gasteiger partial charge on any atom is 0.248 e. The number of hydrogen-bond donors (Lipinski definition) is 2. The van der Waals surface area contributed by atoms with E-state index in [-0.39, 0.29) is 18.2 Å². The van der Waals surface area contributed by atoms with E-state index in [2.05, 4.69) is 70.3 Å². The van der Waals surface area contributed by atoms with Gasteiger partial charge in [-0.3, -0.25) is 14.1 Å². The third kappa shape index (κ3) is 4.14. The van der Waals surface area contributed by atoms with Gasteiger partial charge in [0, 0.05) is 60.0 Å². The quantitative estimate of drug-likeness (QED) is 0.386. The van der Waals surface area contributed by atoms with Crippen LogP contribution >= 0.6 is 0 Å². The Labute approximate surface area is 204 Å². The number of nitrogens with zero attached hydrogens (tertiary/aromatic N) is 1. The summed E-state index contributed by atoms with van der Waals surface area (Å²) in [5, 5.41) is 1.17. The Morgan fingerprint density at radius 2 is 1.89 bits per heavy atom. The number of aromatic amines is 2. The van der Waals surface area contributed by atoms with Gasteiger partial charge in [-0.1, -0.05) is 30.3 Å². The van der Waals surface area contributed by atoms with E-state index in [0.29, 0.717) is 0 Å². The van der Waals surface area contributed by atoms with E-state index in [0.717, 1.165) is 66.8 Å². The molecule has 2 aromatic carbocycles. The highest BCUT2D eigenvalue weighted by atomic mass is 19.1. The second-order valence-corrected chi connectivity index (χ2v) is 10.1. The molecule has 1 fully saturated rings. The van der Waals surface area contributed by atoms with Crippen LogP contribution in [0.3, 0.4) is 0 Å². The van der Waals surface area contributed by atoms with Crippen LogP contribution in [0.1, 0.15) is 46.4 Å². The van der Waals surface area contributed by atoms with E-state index < -0.39 is 0 Å². The fourth-order valence-corrected chi connectivity index (χ4v) is 5.78. The number of likely N-dealkylation sites (tertiary alicyclic amines) is 1. The number of aryl methyl sites for hydroxylation is 2. The van der Waals surface area contributed by atoms with Gasteiger partial charge in [-0.2, -0.15) is 0 Å². The predicted octanol–water partition coefficient (Wildman–Crippen LogP) is 5.86. The number of H-pyrrole nitrogens is 2. The Bertz CT molecular complexity index is 1490. The Hall–Kier alpha value is -3.44. The van der Waals surface area contributed by atoms with Gasteiger partial charge < -0.3 is 9.97 Å². The van der Waals surface area contributed by atoms with Crippen LogP contribution in [0, 0.1) is 12.8 Å². The Balaban J connectivity index is 1.47. The van der Waals surface area contributed by atoms with E-state index in [1.165, 1.54) is 27.7 Å². The Kier molecular flexibility index (Phi) is 5.65. The molecule has 2 aliphatic rings. The number of rotatable bonds is 5. The van der Waals surface area contributed by atoms with Crippen LogP contribution in [0.4, 0.5) is 4.39 Å². The van der Waals surface area contributed by atoms with Crippen LogP contribution in [-0.2, 0) is 13.0 Å². The number of halogens is 1. The first-order valence-corrected chi connectivity index (χ1v) is 12.5. The molecule has 2 N–H and O–H groups in total. The lowest BCUT2D eigenvalue weighted by Crippen LogP contribution is -2.46. The van der Waals surface area contributed by atoms with Crippen LogP contribution in [-0.4, -0.2) is 34.6 Å². The van der Waals surface area contributed by atoms with Crippen molar-refractivity contribution in [1.29, 1.82) is 0 Å². The van der Waals surface area contributed by atoms with E-state index >= 15 is 0 Å². The lowest BCUT2D eigenvalue weighted by molar-refractivity contribution is 0.0728. The highest BCUT2D eigenvalue weighted by Crippen LogP contribution is 2.40. The molecule has 6 rings (SSSR count). The highest BCUT2D eigenvalue weighted by molar-refractivity contribution is 6.02. The predicted molar refractivity (Wildman–Crippen MR) is 140 cm³/mol. The molecule has 4 nitrogen and oxygen atoms in total. The number of allylic oxidation sites excluding steroid dienone is 1. The minimum Gasteiger partial charge on any atom is -0.357 e. The van der Waals surface area contributed by atoms with Gasteiger partial charge >= 0.3 is 0 Å². The molecular formula is C30H30FN3O. The van der Waals surface area contributed by atoms with E-state index in [1.807, 2.05) is 6.20 Å². The largest absolute Gasteiger partial charge is 0.357 e. The summed E-state index contributed by atoms with van der Waals surface area (Å²) in [7, 11) is 0. The van der Waals surface area contributed by atoms with Crippen LogP contribution < -0.4 is 5.56 Å². The standard InChI is InChI=1S/C30H30FN3O/c1-19-5-2-3-7-25(19)26-8-4-6-21-13-29(35)32-15-27(21)30(26)22-9-10-28-23(11-22)12-24(33-28)18-34-16-20(14-31)17-34/h2-3,5,7,9-13,15,20,33H,4,6,8,14,16-18H2,1H3,(H,32,35). The monoisotopic (exact) mass is 467 g/mol. The summed E-state index contributed by atoms with van der Waals surface area (Å²) in [6.07, 6.45) is 4.76. The second-order valence-electron chi connectivity index (χ2n) is 10.1. The minimum absolute atomic E-state index is 0.0471. The van der Waals surface area contributed by atoms with Crippen molar-refractivity contribution in [1.82, 2.24) is 14.9 Å². The minimum atomic E-state index is -0.225. The fraction of sp³-hybridized carbons (Fsp3) is 0.300. The van der Waals surface area contributed by atoms with Gasteiger partial charge in [-0.25, -0.2) is 0 Å². The van der Waals surface area contributed by atoms with Crippen molar-refractivity contribution in [2.45, 2.75) is 32.7 Å². The van der Waals surface area contributed by atoms with Crippen molar-refractivity contribution in [3.05, 3.63) is 105 Å². The lowest BCUT2D eigenvalue weighted by atomic mass is 9.87. The molecule has 1 aliphatic heterocycles. The normalized spacial score (nSPS) is 16.9. The van der Waals surface area contributed by atoms with Gasteiger partial charge in [0.25, 0.3) is 0 Å². The molecule has 3 heterocycles. The molecule has 2 aromatic heterocycles.